The van der Waals surface area contributed by atoms with Crippen LogP contribution in [0.15, 0.2) is 24.3 Å². The third kappa shape index (κ3) is 4.33. The van der Waals surface area contributed by atoms with Gasteiger partial charge in [0.2, 0.25) is 0 Å². The van der Waals surface area contributed by atoms with E-state index in [2.05, 4.69) is 5.32 Å². The predicted molar refractivity (Wildman–Crippen MR) is 68.1 cm³/mol. The molecule has 2 nitrogen and oxygen atoms in total. The first-order valence-electron chi connectivity index (χ1n) is 5.54. The molecule has 1 rings (SSSR count). The fourth-order valence-corrected chi connectivity index (χ4v) is 1.91. The van der Waals surface area contributed by atoms with Gasteiger partial charge in [-0.2, -0.15) is 13.2 Å². The Kier molecular flexibility index (Phi) is 5.19. The van der Waals surface area contributed by atoms with Crippen molar-refractivity contribution in [1.82, 2.24) is 0 Å². The first-order chi connectivity index (χ1) is 8.32. The van der Waals surface area contributed by atoms with Crippen LogP contribution in [-0.4, -0.2) is 22.3 Å². The molecule has 0 radical (unpaired) electrons. The quantitative estimate of drug-likeness (QED) is 0.896. The van der Waals surface area contributed by atoms with E-state index in [1.54, 1.807) is 12.3 Å². The highest BCUT2D eigenvalue weighted by Crippen LogP contribution is 2.34. The predicted octanol–water partition coefficient (Wildman–Crippen LogP) is 3.27. The smallest absolute Gasteiger partial charge is 0.385 e. The highest BCUT2D eigenvalue weighted by atomic mass is 32.2. The number of halogens is 3. The van der Waals surface area contributed by atoms with Crippen LogP contribution in [0.2, 0.25) is 0 Å². The summed E-state index contributed by atoms with van der Waals surface area (Å²) in [6.45, 7) is 2.18. The molecule has 1 aromatic carbocycles. The monoisotopic (exact) mass is 279 g/mol. The molecule has 0 bridgehead atoms. The molecule has 1 N–H and O–H groups in total. The summed E-state index contributed by atoms with van der Waals surface area (Å²) in [7, 11) is -0.953. The van der Waals surface area contributed by atoms with Crippen molar-refractivity contribution >= 4 is 16.5 Å². The third-order valence-electron chi connectivity index (χ3n) is 2.67. The van der Waals surface area contributed by atoms with E-state index in [-0.39, 0.29) is 10.9 Å². The van der Waals surface area contributed by atoms with E-state index in [0.717, 1.165) is 6.07 Å². The molecular formula is C12H16F3NOS. The molecule has 0 aliphatic heterocycles. The van der Waals surface area contributed by atoms with Crippen LogP contribution in [0.4, 0.5) is 18.9 Å². The highest BCUT2D eigenvalue weighted by Gasteiger charge is 2.32. The lowest BCUT2D eigenvalue weighted by atomic mass is 10.1. The first-order valence-corrected chi connectivity index (χ1v) is 7.17. The van der Waals surface area contributed by atoms with Crippen molar-refractivity contribution in [2.24, 2.45) is 0 Å². The molecule has 18 heavy (non-hydrogen) atoms. The van der Waals surface area contributed by atoms with Crippen molar-refractivity contribution in [3.8, 4) is 0 Å². The van der Waals surface area contributed by atoms with Crippen molar-refractivity contribution in [3.63, 3.8) is 0 Å². The van der Waals surface area contributed by atoms with E-state index >= 15 is 0 Å². The van der Waals surface area contributed by atoms with Gasteiger partial charge in [-0.25, -0.2) is 0 Å². The van der Waals surface area contributed by atoms with E-state index in [0.29, 0.717) is 13.0 Å². The minimum atomic E-state index is -4.36. The van der Waals surface area contributed by atoms with Crippen molar-refractivity contribution < 1.29 is 17.4 Å². The van der Waals surface area contributed by atoms with Crippen LogP contribution < -0.4 is 5.32 Å². The maximum atomic E-state index is 12.7. The molecule has 6 heteroatoms. The number of benzene rings is 1. The Morgan fingerprint density at radius 3 is 2.50 bits per heavy atom. The summed E-state index contributed by atoms with van der Waals surface area (Å²) in [5.74, 6) is 0. The van der Waals surface area contributed by atoms with Crippen molar-refractivity contribution in [3.05, 3.63) is 29.8 Å². The van der Waals surface area contributed by atoms with E-state index in [4.69, 9.17) is 0 Å². The van der Waals surface area contributed by atoms with Gasteiger partial charge in [0, 0.05) is 34.5 Å². The normalized spacial score (nSPS) is 15.2. The molecule has 2 unspecified atom stereocenters. The van der Waals surface area contributed by atoms with Gasteiger partial charge in [-0.05, 0) is 18.6 Å². The largest absolute Gasteiger partial charge is 0.418 e. The standard InChI is InChI=1S/C12H16F3NOS/c1-9(18(2)17)7-8-16-11-6-4-3-5-10(11)12(13,14)15/h3-6,9,16H,7-8H2,1-2H3. The SMILES string of the molecule is CC(CCNc1ccccc1C(F)(F)F)S(C)=O. The number of rotatable bonds is 5. The first kappa shape index (κ1) is 15.0. The van der Waals surface area contributed by atoms with Gasteiger partial charge in [0.15, 0.2) is 0 Å². The molecule has 0 amide bonds. The van der Waals surface area contributed by atoms with Gasteiger partial charge in [0.05, 0.1) is 5.56 Å². The van der Waals surface area contributed by atoms with Crippen molar-refractivity contribution in [1.29, 1.82) is 0 Å². The van der Waals surface area contributed by atoms with Gasteiger partial charge in [-0.15, -0.1) is 0 Å². The lowest BCUT2D eigenvalue weighted by molar-refractivity contribution is -0.136. The zero-order valence-corrected chi connectivity index (χ0v) is 11.1. The third-order valence-corrected chi connectivity index (χ3v) is 4.03. The Hall–Kier alpha value is -1.04. The highest BCUT2D eigenvalue weighted by molar-refractivity contribution is 7.84. The Bertz CT molecular complexity index is 420. The number of para-hydroxylation sites is 1. The maximum Gasteiger partial charge on any atom is 0.418 e. The van der Waals surface area contributed by atoms with Crippen molar-refractivity contribution in [2.45, 2.75) is 24.8 Å². The fourth-order valence-electron chi connectivity index (χ4n) is 1.46. The second kappa shape index (κ2) is 6.22. The molecule has 0 spiro atoms. The summed E-state index contributed by atoms with van der Waals surface area (Å²) in [5, 5.41) is 2.72. The minimum Gasteiger partial charge on any atom is -0.385 e. The Balaban J connectivity index is 2.66. The molecular weight excluding hydrogens is 263 g/mol. The molecule has 0 aliphatic rings. The number of anilines is 1. The van der Waals surface area contributed by atoms with Crippen molar-refractivity contribution in [2.75, 3.05) is 18.1 Å². The molecule has 0 heterocycles. The number of hydrogen-bond donors (Lipinski definition) is 1. The zero-order valence-electron chi connectivity index (χ0n) is 10.3. The summed E-state index contributed by atoms with van der Waals surface area (Å²) >= 11 is 0. The molecule has 0 aliphatic carbocycles. The van der Waals surface area contributed by atoms with E-state index < -0.39 is 22.5 Å². The van der Waals surface area contributed by atoms with E-state index in [1.807, 2.05) is 6.92 Å². The Morgan fingerprint density at radius 1 is 1.33 bits per heavy atom. The summed E-state index contributed by atoms with van der Waals surface area (Å²) in [4.78, 5) is 0. The molecule has 0 saturated heterocycles. The summed E-state index contributed by atoms with van der Waals surface area (Å²) < 4.78 is 49.1. The Labute approximate surface area is 107 Å². The lowest BCUT2D eigenvalue weighted by Crippen LogP contribution is -2.16. The second-order valence-electron chi connectivity index (χ2n) is 4.07. The minimum absolute atomic E-state index is 0.0319. The average molecular weight is 279 g/mol. The molecule has 102 valence electrons. The van der Waals surface area contributed by atoms with Gasteiger partial charge in [-0.3, -0.25) is 4.21 Å². The van der Waals surface area contributed by atoms with Crippen LogP contribution in [0.3, 0.4) is 0 Å². The lowest BCUT2D eigenvalue weighted by Gasteiger charge is -2.15. The summed E-state index contributed by atoms with van der Waals surface area (Å²) in [6, 6.07) is 5.36. The van der Waals surface area contributed by atoms with Gasteiger partial charge in [0.1, 0.15) is 0 Å². The van der Waals surface area contributed by atoms with Crippen LogP contribution in [0, 0.1) is 0 Å². The summed E-state index contributed by atoms with van der Waals surface area (Å²) in [6.07, 6.45) is -2.20. The van der Waals surface area contributed by atoms with Gasteiger partial charge >= 0.3 is 6.18 Å². The fraction of sp³-hybridized carbons (Fsp3) is 0.500. The van der Waals surface area contributed by atoms with Crippen LogP contribution in [0.25, 0.3) is 0 Å². The van der Waals surface area contributed by atoms with Gasteiger partial charge in [-0.1, -0.05) is 19.1 Å². The molecule has 1 aromatic rings. The summed E-state index contributed by atoms with van der Waals surface area (Å²) in [5.41, 5.74) is -0.602. The molecule has 0 saturated carbocycles. The topological polar surface area (TPSA) is 29.1 Å². The number of hydrogen-bond acceptors (Lipinski definition) is 2. The van der Waals surface area contributed by atoms with Crippen LogP contribution >= 0.6 is 0 Å². The molecule has 0 fully saturated rings. The second-order valence-corrected chi connectivity index (χ2v) is 5.87. The van der Waals surface area contributed by atoms with Gasteiger partial charge in [0.25, 0.3) is 0 Å². The van der Waals surface area contributed by atoms with E-state index in [1.165, 1.54) is 12.1 Å². The Morgan fingerprint density at radius 2 is 1.94 bits per heavy atom. The van der Waals surface area contributed by atoms with E-state index in [9.17, 15) is 17.4 Å². The molecule has 0 aromatic heterocycles. The maximum absolute atomic E-state index is 12.7. The zero-order chi connectivity index (χ0) is 13.8. The molecule has 2 atom stereocenters. The average Bonchev–Trinajstić information content (AvgIpc) is 2.28. The van der Waals surface area contributed by atoms with Gasteiger partial charge < -0.3 is 5.32 Å². The number of nitrogens with one attached hydrogen (secondary N) is 1. The van der Waals surface area contributed by atoms with Crippen LogP contribution in [0.5, 0.6) is 0 Å². The number of alkyl halides is 3. The van der Waals surface area contributed by atoms with Crippen LogP contribution in [-0.2, 0) is 17.0 Å². The van der Waals surface area contributed by atoms with Crippen LogP contribution in [0.1, 0.15) is 18.9 Å².